The van der Waals surface area contributed by atoms with Crippen LogP contribution in [-0.2, 0) is 0 Å². The molecule has 0 saturated heterocycles. The maximum Gasteiger partial charge on any atom is 0.412 e. The van der Waals surface area contributed by atoms with Gasteiger partial charge in [0.15, 0.2) is 11.6 Å². The van der Waals surface area contributed by atoms with Crippen molar-refractivity contribution in [2.75, 3.05) is 4.90 Å². The third-order valence-electron chi connectivity index (χ3n) is 3.56. The summed E-state index contributed by atoms with van der Waals surface area (Å²) in [5.74, 6) is -3.47. The highest BCUT2D eigenvalue weighted by atomic mass is 19.2. The molecule has 2 aromatic rings. The molecule has 7 heteroatoms. The van der Waals surface area contributed by atoms with Crippen LogP contribution in [0.2, 0.25) is 0 Å². The number of carboxylic acid groups (broad SMARTS) is 1. The lowest BCUT2D eigenvalue weighted by atomic mass is 10.0. The lowest BCUT2D eigenvalue weighted by Gasteiger charge is -2.33. The molecule has 130 valence electrons. The molecular formula is C18H15F3N2O2. The van der Waals surface area contributed by atoms with Gasteiger partial charge in [-0.25, -0.2) is 18.0 Å². The van der Waals surface area contributed by atoms with Gasteiger partial charge in [0, 0.05) is 11.1 Å². The summed E-state index contributed by atoms with van der Waals surface area (Å²) in [6, 6.07) is 7.21. The van der Waals surface area contributed by atoms with Gasteiger partial charge in [-0.2, -0.15) is 5.26 Å². The summed E-state index contributed by atoms with van der Waals surface area (Å²) < 4.78 is 42.3. The maximum atomic E-state index is 14.5. The van der Waals surface area contributed by atoms with E-state index in [1.165, 1.54) is 24.3 Å². The monoisotopic (exact) mass is 348 g/mol. The number of nitriles is 1. The van der Waals surface area contributed by atoms with Gasteiger partial charge in [-0.15, -0.1) is 0 Å². The molecule has 2 rings (SSSR count). The van der Waals surface area contributed by atoms with E-state index in [1.807, 2.05) is 0 Å². The van der Waals surface area contributed by atoms with E-state index in [-0.39, 0.29) is 16.8 Å². The number of anilines is 1. The van der Waals surface area contributed by atoms with Crippen molar-refractivity contribution < 1.29 is 23.1 Å². The molecule has 0 spiro atoms. The van der Waals surface area contributed by atoms with Gasteiger partial charge in [0.25, 0.3) is 0 Å². The summed E-state index contributed by atoms with van der Waals surface area (Å²) in [6.07, 6.45) is -1.34. The zero-order valence-electron chi connectivity index (χ0n) is 13.8. The second kappa shape index (κ2) is 6.48. The van der Waals surface area contributed by atoms with Gasteiger partial charge >= 0.3 is 6.09 Å². The summed E-state index contributed by atoms with van der Waals surface area (Å²) in [6.45, 7) is 4.80. The fraction of sp³-hybridized carbons (Fsp3) is 0.222. The van der Waals surface area contributed by atoms with Crippen molar-refractivity contribution in [3.63, 3.8) is 0 Å². The first kappa shape index (κ1) is 18.3. The Bertz CT molecular complexity index is 883. The molecule has 0 aliphatic heterocycles. The summed E-state index contributed by atoms with van der Waals surface area (Å²) in [7, 11) is 0. The highest BCUT2D eigenvalue weighted by Gasteiger charge is 2.30. The number of rotatable bonds is 2. The Hall–Kier alpha value is -3.01. The largest absolute Gasteiger partial charge is 0.465 e. The van der Waals surface area contributed by atoms with Crippen LogP contribution < -0.4 is 4.90 Å². The molecule has 0 aliphatic rings. The minimum Gasteiger partial charge on any atom is -0.465 e. The molecule has 0 fully saturated rings. The molecule has 0 heterocycles. The van der Waals surface area contributed by atoms with Crippen molar-refractivity contribution >= 4 is 11.8 Å². The van der Waals surface area contributed by atoms with Crippen molar-refractivity contribution in [1.29, 1.82) is 5.26 Å². The number of hydrogen-bond donors (Lipinski definition) is 1. The zero-order valence-corrected chi connectivity index (χ0v) is 13.8. The van der Waals surface area contributed by atoms with Gasteiger partial charge in [-0.05, 0) is 50.6 Å². The zero-order chi connectivity index (χ0) is 18.9. The van der Waals surface area contributed by atoms with Gasteiger partial charge in [0.2, 0.25) is 0 Å². The molecule has 1 amide bonds. The van der Waals surface area contributed by atoms with Crippen LogP contribution in [0.15, 0.2) is 30.3 Å². The molecule has 4 nitrogen and oxygen atoms in total. The van der Waals surface area contributed by atoms with Crippen molar-refractivity contribution in [2.24, 2.45) is 0 Å². The number of nitrogens with zero attached hydrogens (tertiary/aromatic N) is 2. The Labute approximate surface area is 142 Å². The van der Waals surface area contributed by atoms with Crippen LogP contribution in [0.3, 0.4) is 0 Å². The first-order valence-corrected chi connectivity index (χ1v) is 7.29. The van der Waals surface area contributed by atoms with Gasteiger partial charge in [-0.3, -0.25) is 4.90 Å². The average molecular weight is 348 g/mol. The summed E-state index contributed by atoms with van der Waals surface area (Å²) in [4.78, 5) is 12.3. The van der Waals surface area contributed by atoms with Gasteiger partial charge in [0.1, 0.15) is 11.9 Å². The Kier molecular flexibility index (Phi) is 4.75. The standard InChI is InChI=1S/C18H15F3N2O2/c1-18(2,3)23(17(24)25)14-7-5-10(8-13(14)19)12-6-4-11(9-22)15(20)16(12)21/h4-8H,1-3H3,(H,24,25). The number of amides is 1. The van der Waals surface area contributed by atoms with Crippen LogP contribution in [0.5, 0.6) is 0 Å². The van der Waals surface area contributed by atoms with E-state index < -0.39 is 34.6 Å². The summed E-state index contributed by atoms with van der Waals surface area (Å²) in [5, 5.41) is 18.0. The fourth-order valence-electron chi connectivity index (χ4n) is 2.47. The minimum absolute atomic E-state index is 0.0291. The number of carbonyl (C=O) groups is 1. The molecule has 0 aliphatic carbocycles. The fourth-order valence-corrected chi connectivity index (χ4v) is 2.47. The Morgan fingerprint density at radius 1 is 1.12 bits per heavy atom. The highest BCUT2D eigenvalue weighted by molar-refractivity contribution is 5.88. The average Bonchev–Trinajstić information content (AvgIpc) is 2.50. The highest BCUT2D eigenvalue weighted by Crippen LogP contribution is 2.32. The quantitative estimate of drug-likeness (QED) is 0.837. The van der Waals surface area contributed by atoms with E-state index in [2.05, 4.69) is 0 Å². The second-order valence-corrected chi connectivity index (χ2v) is 6.36. The molecule has 2 aromatic carbocycles. The molecule has 0 radical (unpaired) electrons. The van der Waals surface area contributed by atoms with E-state index in [9.17, 15) is 23.1 Å². The lowest BCUT2D eigenvalue weighted by Crippen LogP contribution is -2.45. The molecule has 0 bridgehead atoms. The van der Waals surface area contributed by atoms with Crippen LogP contribution in [0, 0.1) is 28.8 Å². The number of hydrogen-bond acceptors (Lipinski definition) is 2. The summed E-state index contributed by atoms with van der Waals surface area (Å²) in [5.41, 5.74) is -1.75. The van der Waals surface area contributed by atoms with E-state index in [0.717, 1.165) is 17.0 Å². The van der Waals surface area contributed by atoms with Gasteiger partial charge in [-0.1, -0.05) is 6.07 Å². The number of halogens is 3. The van der Waals surface area contributed by atoms with Crippen LogP contribution in [0.25, 0.3) is 11.1 Å². The summed E-state index contributed by atoms with van der Waals surface area (Å²) >= 11 is 0. The van der Waals surface area contributed by atoms with E-state index in [1.54, 1.807) is 20.8 Å². The van der Waals surface area contributed by atoms with Crippen molar-refractivity contribution in [3.05, 3.63) is 53.3 Å². The topological polar surface area (TPSA) is 64.3 Å². The smallest absolute Gasteiger partial charge is 0.412 e. The molecule has 0 aromatic heterocycles. The third-order valence-corrected chi connectivity index (χ3v) is 3.56. The van der Waals surface area contributed by atoms with Crippen molar-refractivity contribution in [2.45, 2.75) is 26.3 Å². The SMILES string of the molecule is CC(C)(C)N(C(=O)O)c1ccc(-c2ccc(C#N)c(F)c2F)cc1F. The number of benzene rings is 2. The van der Waals surface area contributed by atoms with Crippen molar-refractivity contribution in [1.82, 2.24) is 0 Å². The molecule has 0 saturated carbocycles. The van der Waals surface area contributed by atoms with Crippen molar-refractivity contribution in [3.8, 4) is 17.2 Å². The minimum atomic E-state index is -1.34. The Morgan fingerprint density at radius 3 is 2.24 bits per heavy atom. The second-order valence-electron chi connectivity index (χ2n) is 6.36. The van der Waals surface area contributed by atoms with Crippen LogP contribution in [-0.4, -0.2) is 16.7 Å². The first-order chi connectivity index (χ1) is 11.6. The third kappa shape index (κ3) is 3.43. The molecule has 1 N–H and O–H groups in total. The van der Waals surface area contributed by atoms with E-state index in [4.69, 9.17) is 5.26 Å². The van der Waals surface area contributed by atoms with Crippen LogP contribution in [0.4, 0.5) is 23.7 Å². The van der Waals surface area contributed by atoms with Gasteiger partial charge < -0.3 is 5.11 Å². The molecule has 0 atom stereocenters. The van der Waals surface area contributed by atoms with Gasteiger partial charge in [0.05, 0.1) is 11.3 Å². The molecule has 0 unspecified atom stereocenters. The van der Waals surface area contributed by atoms with Crippen LogP contribution in [0.1, 0.15) is 26.3 Å². The van der Waals surface area contributed by atoms with E-state index >= 15 is 0 Å². The Morgan fingerprint density at radius 2 is 1.76 bits per heavy atom. The maximum absolute atomic E-state index is 14.5. The predicted molar refractivity (Wildman–Crippen MR) is 86.7 cm³/mol. The normalized spacial score (nSPS) is 11.1. The lowest BCUT2D eigenvalue weighted by molar-refractivity contribution is 0.195. The van der Waals surface area contributed by atoms with E-state index in [0.29, 0.717) is 0 Å². The molecular weight excluding hydrogens is 333 g/mol. The molecule has 25 heavy (non-hydrogen) atoms. The van der Waals surface area contributed by atoms with Crippen LogP contribution >= 0.6 is 0 Å². The Balaban J connectivity index is 2.56. The predicted octanol–water partition coefficient (Wildman–Crippen LogP) is 4.93. The first-order valence-electron chi connectivity index (χ1n) is 7.29.